The summed E-state index contributed by atoms with van der Waals surface area (Å²) in [7, 11) is 1.75. The predicted octanol–water partition coefficient (Wildman–Crippen LogP) is 7.58. The molecule has 1 unspecified atom stereocenters. The number of methoxy groups -OCH3 is 1. The minimum atomic E-state index is 0.164. The van der Waals surface area contributed by atoms with E-state index < -0.39 is 0 Å². The van der Waals surface area contributed by atoms with E-state index in [1.54, 1.807) is 7.11 Å². The second-order valence-electron chi connectivity index (χ2n) is 9.54. The summed E-state index contributed by atoms with van der Waals surface area (Å²) < 4.78 is 5.05. The fourth-order valence-corrected chi connectivity index (χ4v) is 4.00. The van der Waals surface area contributed by atoms with E-state index in [-0.39, 0.29) is 6.17 Å². The molecule has 0 fully saturated rings. The third kappa shape index (κ3) is 25.8. The van der Waals surface area contributed by atoms with Crippen LogP contribution in [0.25, 0.3) is 0 Å². The molecule has 0 spiro atoms. The fraction of sp³-hybridized carbons (Fsp3) is 1.00. The summed E-state index contributed by atoms with van der Waals surface area (Å²) in [5.41, 5.74) is 6.08. The standard InChI is InChI=1S/C26H56N2O/c1-25(2)21-18-16-14-12-10-8-6-4-5-7-9-11-13-15-17-19-22-26(27)28-23-20-24-29-3/h25-26,28H,4-24,27H2,1-3H3. The molecule has 29 heavy (non-hydrogen) atoms. The second-order valence-corrected chi connectivity index (χ2v) is 9.54. The highest BCUT2D eigenvalue weighted by atomic mass is 16.5. The van der Waals surface area contributed by atoms with Gasteiger partial charge in [-0.2, -0.15) is 0 Å². The Hall–Kier alpha value is -0.120. The number of nitrogens with one attached hydrogen (secondary N) is 1. The highest BCUT2D eigenvalue weighted by Gasteiger charge is 2.01. The van der Waals surface area contributed by atoms with E-state index in [9.17, 15) is 0 Å². The van der Waals surface area contributed by atoms with E-state index in [4.69, 9.17) is 10.5 Å². The molecule has 0 amide bonds. The number of hydrogen-bond acceptors (Lipinski definition) is 3. The Kier molecular flexibility index (Phi) is 24.1. The number of nitrogens with two attached hydrogens (primary N) is 1. The van der Waals surface area contributed by atoms with E-state index in [0.717, 1.165) is 31.9 Å². The average molecular weight is 413 g/mol. The van der Waals surface area contributed by atoms with Gasteiger partial charge in [-0.15, -0.1) is 0 Å². The van der Waals surface area contributed by atoms with Crippen molar-refractivity contribution in [3.63, 3.8) is 0 Å². The molecule has 3 heteroatoms. The zero-order valence-corrected chi connectivity index (χ0v) is 20.5. The van der Waals surface area contributed by atoms with E-state index >= 15 is 0 Å². The quantitative estimate of drug-likeness (QED) is 0.127. The minimum Gasteiger partial charge on any atom is -0.385 e. The number of rotatable bonds is 24. The van der Waals surface area contributed by atoms with E-state index in [0.29, 0.717) is 0 Å². The molecule has 0 aromatic heterocycles. The molecule has 0 saturated heterocycles. The van der Waals surface area contributed by atoms with E-state index in [1.807, 2.05) is 0 Å². The molecule has 0 aliphatic carbocycles. The molecule has 0 bridgehead atoms. The molecule has 176 valence electrons. The van der Waals surface area contributed by atoms with Crippen molar-refractivity contribution >= 4 is 0 Å². The minimum absolute atomic E-state index is 0.164. The van der Waals surface area contributed by atoms with Gasteiger partial charge in [0, 0.05) is 13.7 Å². The van der Waals surface area contributed by atoms with E-state index in [2.05, 4.69) is 19.2 Å². The molecular weight excluding hydrogens is 356 g/mol. The van der Waals surface area contributed by atoms with Crippen LogP contribution in [0.1, 0.15) is 136 Å². The molecule has 0 aromatic carbocycles. The van der Waals surface area contributed by atoms with Crippen LogP contribution >= 0.6 is 0 Å². The highest BCUT2D eigenvalue weighted by Crippen LogP contribution is 2.15. The van der Waals surface area contributed by atoms with Crippen molar-refractivity contribution in [1.82, 2.24) is 5.32 Å². The maximum absolute atomic E-state index is 6.08. The first-order chi connectivity index (χ1) is 14.2. The summed E-state index contributed by atoms with van der Waals surface area (Å²) in [6.45, 7) is 6.46. The van der Waals surface area contributed by atoms with Gasteiger partial charge in [0.15, 0.2) is 0 Å². The van der Waals surface area contributed by atoms with Gasteiger partial charge in [0.25, 0.3) is 0 Å². The van der Waals surface area contributed by atoms with Crippen LogP contribution in [0.5, 0.6) is 0 Å². The first-order valence-electron chi connectivity index (χ1n) is 13.1. The summed E-state index contributed by atoms with van der Waals surface area (Å²) in [5.74, 6) is 0.887. The summed E-state index contributed by atoms with van der Waals surface area (Å²) in [6.07, 6.45) is 26.6. The van der Waals surface area contributed by atoms with Gasteiger partial charge in [0.05, 0.1) is 6.17 Å². The second kappa shape index (κ2) is 24.2. The smallest absolute Gasteiger partial charge is 0.0546 e. The van der Waals surface area contributed by atoms with Gasteiger partial charge in [0.2, 0.25) is 0 Å². The number of unbranched alkanes of at least 4 members (excludes halogenated alkanes) is 15. The molecule has 0 aromatic rings. The number of ether oxygens (including phenoxy) is 1. The van der Waals surface area contributed by atoms with Gasteiger partial charge < -0.3 is 15.8 Å². The van der Waals surface area contributed by atoms with Crippen molar-refractivity contribution in [3.8, 4) is 0 Å². The molecule has 3 N–H and O–H groups in total. The van der Waals surface area contributed by atoms with Crippen LogP contribution in [-0.4, -0.2) is 26.4 Å². The molecule has 0 rings (SSSR count). The van der Waals surface area contributed by atoms with Crippen LogP contribution < -0.4 is 11.1 Å². The highest BCUT2D eigenvalue weighted by molar-refractivity contribution is 4.59. The first-order valence-corrected chi connectivity index (χ1v) is 13.1. The Labute approximate surface area is 184 Å². The Balaban J connectivity index is 3.08. The Morgan fingerprint density at radius 2 is 0.966 bits per heavy atom. The van der Waals surface area contributed by atoms with Crippen molar-refractivity contribution in [2.45, 2.75) is 142 Å². The molecule has 0 heterocycles. The molecule has 0 saturated carbocycles. The van der Waals surface area contributed by atoms with Crippen molar-refractivity contribution < 1.29 is 4.74 Å². The van der Waals surface area contributed by atoms with Crippen LogP contribution in [0, 0.1) is 5.92 Å². The fourth-order valence-electron chi connectivity index (χ4n) is 4.00. The van der Waals surface area contributed by atoms with E-state index in [1.165, 1.54) is 109 Å². The third-order valence-electron chi connectivity index (χ3n) is 5.98. The summed E-state index contributed by atoms with van der Waals surface area (Å²) >= 11 is 0. The first kappa shape index (κ1) is 28.9. The lowest BCUT2D eigenvalue weighted by Gasteiger charge is -2.13. The lowest BCUT2D eigenvalue weighted by atomic mass is 10.0. The van der Waals surface area contributed by atoms with Crippen molar-refractivity contribution in [1.29, 1.82) is 0 Å². The largest absolute Gasteiger partial charge is 0.385 e. The van der Waals surface area contributed by atoms with Crippen LogP contribution in [0.15, 0.2) is 0 Å². The average Bonchev–Trinajstić information content (AvgIpc) is 2.70. The third-order valence-corrected chi connectivity index (χ3v) is 5.98. The lowest BCUT2D eigenvalue weighted by molar-refractivity contribution is 0.193. The summed E-state index contributed by atoms with van der Waals surface area (Å²) in [5, 5.41) is 3.37. The molecule has 0 radical (unpaired) electrons. The van der Waals surface area contributed by atoms with Crippen LogP contribution in [0.3, 0.4) is 0 Å². The molecule has 0 aliphatic heterocycles. The van der Waals surface area contributed by atoms with Crippen LogP contribution in [-0.2, 0) is 4.74 Å². The molecule has 3 nitrogen and oxygen atoms in total. The predicted molar refractivity (Wildman–Crippen MR) is 130 cm³/mol. The lowest BCUT2D eigenvalue weighted by Crippen LogP contribution is -2.38. The van der Waals surface area contributed by atoms with Crippen LogP contribution in [0.2, 0.25) is 0 Å². The zero-order chi connectivity index (χ0) is 21.4. The maximum Gasteiger partial charge on any atom is 0.0546 e. The van der Waals surface area contributed by atoms with Gasteiger partial charge in [-0.25, -0.2) is 0 Å². The Bertz CT molecular complexity index is 296. The van der Waals surface area contributed by atoms with Gasteiger partial charge in [-0.05, 0) is 25.3 Å². The summed E-state index contributed by atoms with van der Waals surface area (Å²) in [4.78, 5) is 0. The van der Waals surface area contributed by atoms with Crippen molar-refractivity contribution in [3.05, 3.63) is 0 Å². The maximum atomic E-state index is 6.08. The van der Waals surface area contributed by atoms with Gasteiger partial charge in [0.1, 0.15) is 0 Å². The van der Waals surface area contributed by atoms with Gasteiger partial charge in [-0.3, -0.25) is 0 Å². The molecular formula is C26H56N2O. The normalized spacial score (nSPS) is 12.7. The SMILES string of the molecule is COCCCNC(N)CCCCCCCCCCCCCCCCCCC(C)C. The van der Waals surface area contributed by atoms with Crippen molar-refractivity contribution in [2.75, 3.05) is 20.3 Å². The topological polar surface area (TPSA) is 47.3 Å². The van der Waals surface area contributed by atoms with Crippen LogP contribution in [0.4, 0.5) is 0 Å². The zero-order valence-electron chi connectivity index (χ0n) is 20.5. The van der Waals surface area contributed by atoms with Crippen molar-refractivity contribution in [2.24, 2.45) is 11.7 Å². The van der Waals surface area contributed by atoms with Gasteiger partial charge in [-0.1, -0.05) is 123 Å². The summed E-state index contributed by atoms with van der Waals surface area (Å²) in [6, 6.07) is 0. The Morgan fingerprint density at radius 3 is 1.34 bits per heavy atom. The molecule has 0 aliphatic rings. The monoisotopic (exact) mass is 412 g/mol. The Morgan fingerprint density at radius 1 is 0.586 bits per heavy atom. The number of hydrogen-bond donors (Lipinski definition) is 2. The molecule has 1 atom stereocenters. The van der Waals surface area contributed by atoms with Gasteiger partial charge >= 0.3 is 0 Å².